The number of hydrogen-bond acceptors (Lipinski definition) is 3. The zero-order chi connectivity index (χ0) is 15.0. The molecule has 2 aromatic rings. The lowest BCUT2D eigenvalue weighted by molar-refractivity contribution is 0.143. The zero-order valence-corrected chi connectivity index (χ0v) is 14.1. The Bertz CT molecular complexity index is 629. The van der Waals surface area contributed by atoms with Crippen molar-refractivity contribution in [2.75, 3.05) is 6.61 Å². The molecule has 3 rings (SSSR count). The van der Waals surface area contributed by atoms with Gasteiger partial charge in [0.1, 0.15) is 17.0 Å². The van der Waals surface area contributed by atoms with E-state index in [1.165, 1.54) is 5.56 Å². The monoisotopic (exact) mass is 350 g/mol. The van der Waals surface area contributed by atoms with Gasteiger partial charge in [-0.2, -0.15) is 0 Å². The van der Waals surface area contributed by atoms with Crippen LogP contribution in [0.2, 0.25) is 0 Å². The van der Waals surface area contributed by atoms with Gasteiger partial charge in [-0.15, -0.1) is 0 Å². The summed E-state index contributed by atoms with van der Waals surface area (Å²) in [6.07, 6.45) is 1.75. The van der Waals surface area contributed by atoms with Crippen molar-refractivity contribution < 1.29 is 9.47 Å². The Kier molecular flexibility index (Phi) is 3.69. The van der Waals surface area contributed by atoms with Crippen LogP contribution in [-0.4, -0.2) is 22.3 Å². The number of aromatic nitrogens is 2. The molecule has 0 unspecified atom stereocenters. The molecule has 0 bridgehead atoms. The summed E-state index contributed by atoms with van der Waals surface area (Å²) in [4.78, 5) is 4.18. The van der Waals surface area contributed by atoms with Crippen molar-refractivity contribution in [1.29, 1.82) is 0 Å². The Labute approximate surface area is 133 Å². The third kappa shape index (κ3) is 3.07. The fourth-order valence-corrected chi connectivity index (χ4v) is 2.71. The molecule has 112 valence electrons. The van der Waals surface area contributed by atoms with Crippen LogP contribution in [0, 0.1) is 0 Å². The van der Waals surface area contributed by atoms with Crippen LogP contribution in [0.3, 0.4) is 0 Å². The Morgan fingerprint density at radius 3 is 2.67 bits per heavy atom. The molecule has 0 radical (unpaired) electrons. The summed E-state index contributed by atoms with van der Waals surface area (Å²) in [7, 11) is 0. The number of rotatable bonds is 3. The van der Waals surface area contributed by atoms with E-state index in [1.54, 1.807) is 6.20 Å². The van der Waals surface area contributed by atoms with E-state index >= 15 is 0 Å². The van der Waals surface area contributed by atoms with Gasteiger partial charge in [0.25, 0.3) is 6.01 Å². The van der Waals surface area contributed by atoms with Gasteiger partial charge in [-0.3, -0.25) is 4.57 Å². The van der Waals surface area contributed by atoms with Crippen molar-refractivity contribution in [3.63, 3.8) is 0 Å². The van der Waals surface area contributed by atoms with Crippen molar-refractivity contribution in [3.05, 3.63) is 40.6 Å². The second kappa shape index (κ2) is 5.37. The van der Waals surface area contributed by atoms with E-state index in [1.807, 2.05) is 16.7 Å². The third-order valence-corrected chi connectivity index (χ3v) is 4.22. The molecule has 2 heterocycles. The smallest absolute Gasteiger partial charge is 0.297 e. The topological polar surface area (TPSA) is 36.3 Å². The molecule has 1 aliphatic rings. The van der Waals surface area contributed by atoms with E-state index in [4.69, 9.17) is 9.47 Å². The number of halogens is 1. The molecule has 0 saturated carbocycles. The molecule has 1 atom stereocenters. The van der Waals surface area contributed by atoms with Crippen molar-refractivity contribution >= 4 is 15.9 Å². The van der Waals surface area contributed by atoms with E-state index in [-0.39, 0.29) is 11.5 Å². The van der Waals surface area contributed by atoms with E-state index < -0.39 is 0 Å². The molecule has 0 amide bonds. The van der Waals surface area contributed by atoms with Gasteiger partial charge in [-0.05, 0) is 39.0 Å². The molecule has 0 fully saturated rings. The van der Waals surface area contributed by atoms with E-state index in [0.29, 0.717) is 12.6 Å². The van der Waals surface area contributed by atoms with Crippen LogP contribution in [0.1, 0.15) is 26.3 Å². The molecule has 0 N–H and O–H groups in total. The lowest BCUT2D eigenvalue weighted by Crippen LogP contribution is -2.23. The van der Waals surface area contributed by atoms with Crippen LogP contribution in [0.25, 0.3) is 0 Å². The highest BCUT2D eigenvalue weighted by atomic mass is 79.9. The highest BCUT2D eigenvalue weighted by Crippen LogP contribution is 2.27. The highest BCUT2D eigenvalue weighted by molar-refractivity contribution is 9.10. The number of imidazole rings is 1. The molecule has 0 aliphatic carbocycles. The van der Waals surface area contributed by atoms with Crippen molar-refractivity contribution in [2.24, 2.45) is 0 Å². The van der Waals surface area contributed by atoms with Crippen molar-refractivity contribution in [2.45, 2.75) is 38.8 Å². The molecule has 0 spiro atoms. The predicted molar refractivity (Wildman–Crippen MR) is 85.0 cm³/mol. The number of hydrogen-bond donors (Lipinski definition) is 0. The maximum absolute atomic E-state index is 5.82. The van der Waals surface area contributed by atoms with Crippen LogP contribution in [-0.2, 0) is 12.0 Å². The zero-order valence-electron chi connectivity index (χ0n) is 12.5. The number of fused-ring (bicyclic) bond motifs is 1. The third-order valence-electron chi connectivity index (χ3n) is 3.58. The largest absolute Gasteiger partial charge is 0.490 e. The highest BCUT2D eigenvalue weighted by Gasteiger charge is 2.26. The fourth-order valence-electron chi connectivity index (χ4n) is 2.32. The standard InChI is InChI=1S/C16H19BrN2O2/c1-16(2,3)11-4-6-12(7-5-11)20-10-13-9-19-14(17)8-18-15(19)21-13/h4-8,13H,9-10H2,1-3H3/t13-/m0/s1. The molecule has 1 aliphatic heterocycles. The summed E-state index contributed by atoms with van der Waals surface area (Å²) in [5.74, 6) is 0.871. The first-order valence-corrected chi connectivity index (χ1v) is 7.84. The first kappa shape index (κ1) is 14.4. The Hall–Kier alpha value is -1.49. The number of nitrogens with zero attached hydrogens (tertiary/aromatic N) is 2. The quantitative estimate of drug-likeness (QED) is 0.844. The van der Waals surface area contributed by atoms with Gasteiger partial charge in [0.05, 0.1) is 12.7 Å². The average Bonchev–Trinajstić information content (AvgIpc) is 2.98. The first-order chi connectivity index (χ1) is 9.93. The maximum Gasteiger partial charge on any atom is 0.297 e. The van der Waals surface area contributed by atoms with Crippen LogP contribution in [0.5, 0.6) is 11.8 Å². The Morgan fingerprint density at radius 2 is 2.05 bits per heavy atom. The minimum Gasteiger partial charge on any atom is -0.490 e. The lowest BCUT2D eigenvalue weighted by atomic mass is 9.87. The first-order valence-electron chi connectivity index (χ1n) is 7.04. The SMILES string of the molecule is CC(C)(C)c1ccc(OC[C@@H]2Cn3c(Br)cnc3O2)cc1. The van der Waals surface area contributed by atoms with Crippen molar-refractivity contribution in [3.8, 4) is 11.8 Å². The van der Waals surface area contributed by atoms with Crippen LogP contribution >= 0.6 is 15.9 Å². The molecular formula is C16H19BrN2O2. The molecule has 1 aromatic carbocycles. The van der Waals surface area contributed by atoms with Gasteiger partial charge in [-0.1, -0.05) is 32.9 Å². The number of benzene rings is 1. The maximum atomic E-state index is 5.82. The molecule has 21 heavy (non-hydrogen) atoms. The number of ether oxygens (including phenoxy) is 2. The molecule has 1 aromatic heterocycles. The van der Waals surface area contributed by atoms with Gasteiger partial charge < -0.3 is 9.47 Å². The molecule has 0 saturated heterocycles. The van der Waals surface area contributed by atoms with E-state index in [2.05, 4.69) is 53.8 Å². The van der Waals surface area contributed by atoms with Crippen LogP contribution in [0.4, 0.5) is 0 Å². The van der Waals surface area contributed by atoms with Crippen LogP contribution in [0.15, 0.2) is 35.1 Å². The van der Waals surface area contributed by atoms with Gasteiger partial charge in [0.15, 0.2) is 6.10 Å². The molecule has 4 nitrogen and oxygen atoms in total. The Balaban J connectivity index is 1.57. The summed E-state index contributed by atoms with van der Waals surface area (Å²) in [6.45, 7) is 7.89. The fraction of sp³-hybridized carbons (Fsp3) is 0.438. The summed E-state index contributed by atoms with van der Waals surface area (Å²) >= 11 is 3.45. The molecular weight excluding hydrogens is 332 g/mol. The van der Waals surface area contributed by atoms with Gasteiger partial charge >= 0.3 is 0 Å². The normalized spacial score (nSPS) is 17.4. The van der Waals surface area contributed by atoms with E-state index in [0.717, 1.165) is 16.9 Å². The molecule has 5 heteroatoms. The minimum absolute atomic E-state index is 0.00675. The minimum atomic E-state index is 0.00675. The van der Waals surface area contributed by atoms with Crippen molar-refractivity contribution in [1.82, 2.24) is 9.55 Å². The van der Waals surface area contributed by atoms with E-state index in [9.17, 15) is 0 Å². The summed E-state index contributed by atoms with van der Waals surface area (Å²) in [6, 6.07) is 8.92. The lowest BCUT2D eigenvalue weighted by Gasteiger charge is -2.19. The van der Waals surface area contributed by atoms with Gasteiger partial charge in [0, 0.05) is 0 Å². The average molecular weight is 351 g/mol. The second-order valence-corrected chi connectivity index (χ2v) is 7.11. The predicted octanol–water partition coefficient (Wildman–Crippen LogP) is 3.78. The summed E-state index contributed by atoms with van der Waals surface area (Å²) < 4.78 is 14.5. The van der Waals surface area contributed by atoms with Crippen LogP contribution < -0.4 is 9.47 Å². The van der Waals surface area contributed by atoms with Gasteiger partial charge in [-0.25, -0.2) is 4.98 Å². The summed E-state index contributed by atoms with van der Waals surface area (Å²) in [5, 5.41) is 0. The van der Waals surface area contributed by atoms with Gasteiger partial charge in [0.2, 0.25) is 0 Å². The second-order valence-electron chi connectivity index (χ2n) is 6.30. The Morgan fingerprint density at radius 1 is 1.33 bits per heavy atom. The summed E-state index contributed by atoms with van der Waals surface area (Å²) in [5.41, 5.74) is 1.46.